The molecule has 1 N–H and O–H groups in total. The molecule has 1 aromatic heterocycles. The van der Waals surface area contributed by atoms with Crippen molar-refractivity contribution in [2.24, 2.45) is 7.05 Å². The van der Waals surface area contributed by atoms with E-state index in [1.165, 1.54) is 10.2 Å². The molecule has 3 aromatic carbocycles. The molecule has 1 heterocycles. The Morgan fingerprint density at radius 1 is 0.905 bits per heavy atom. The summed E-state index contributed by atoms with van der Waals surface area (Å²) in [6.45, 7) is 0. The van der Waals surface area contributed by atoms with Crippen molar-refractivity contribution in [1.29, 1.82) is 0 Å². The van der Waals surface area contributed by atoms with Gasteiger partial charge in [-0.25, -0.2) is 0 Å². The predicted molar refractivity (Wildman–Crippen MR) is 87.6 cm³/mol. The Labute approximate surface area is 126 Å². The first-order valence-corrected chi connectivity index (χ1v) is 7.65. The van der Waals surface area contributed by atoms with Gasteiger partial charge in [-0.1, -0.05) is 47.7 Å². The van der Waals surface area contributed by atoms with Crippen LogP contribution < -0.4 is 4.57 Å². The fourth-order valence-corrected chi connectivity index (χ4v) is 3.91. The van der Waals surface area contributed by atoms with Gasteiger partial charge in [-0.2, -0.15) is 4.57 Å². The van der Waals surface area contributed by atoms with Crippen molar-refractivity contribution in [3.63, 3.8) is 0 Å². The molecule has 0 aliphatic rings. The van der Waals surface area contributed by atoms with E-state index in [4.69, 9.17) is 0 Å². The van der Waals surface area contributed by atoms with Crippen LogP contribution in [0, 0.1) is 0 Å². The van der Waals surface area contributed by atoms with Gasteiger partial charge < -0.3 is 5.11 Å². The van der Waals surface area contributed by atoms with Crippen molar-refractivity contribution < 1.29 is 9.67 Å². The number of benzene rings is 3. The Morgan fingerprint density at radius 3 is 2.33 bits per heavy atom. The molecule has 102 valence electrons. The second kappa shape index (κ2) is 4.57. The molecule has 0 saturated carbocycles. The topological polar surface area (TPSA) is 24.1 Å². The molecular weight excluding hydrogens is 278 g/mol. The number of aromatic hydroxyl groups is 1. The molecule has 0 saturated heterocycles. The number of rotatable bonds is 1. The molecule has 0 aliphatic heterocycles. The standard InChI is InChI=1S/C18H13NOS/c1-19-15-8-4-5-9-17(15)21-18(19)14-10-12-6-2-3-7-13(12)11-16(14)20/h2-11H,1H3/p+1. The molecular formula is C18H14NOS+. The molecule has 4 aromatic rings. The highest BCUT2D eigenvalue weighted by molar-refractivity contribution is 7.21. The maximum absolute atomic E-state index is 10.4. The second-order valence-corrected chi connectivity index (χ2v) is 6.18. The lowest BCUT2D eigenvalue weighted by molar-refractivity contribution is -0.629. The van der Waals surface area contributed by atoms with Gasteiger partial charge in [0.05, 0.1) is 5.56 Å². The average molecular weight is 292 g/mol. The van der Waals surface area contributed by atoms with Crippen molar-refractivity contribution >= 4 is 32.3 Å². The highest BCUT2D eigenvalue weighted by atomic mass is 32.1. The first-order chi connectivity index (χ1) is 10.2. The summed E-state index contributed by atoms with van der Waals surface area (Å²) in [7, 11) is 2.04. The third-order valence-electron chi connectivity index (χ3n) is 3.83. The minimum Gasteiger partial charge on any atom is -0.507 e. The smallest absolute Gasteiger partial charge is 0.273 e. The predicted octanol–water partition coefficient (Wildman–Crippen LogP) is 4.25. The van der Waals surface area contributed by atoms with Crippen molar-refractivity contribution in [1.82, 2.24) is 0 Å². The Kier molecular flexibility index (Phi) is 2.69. The number of hydrogen-bond acceptors (Lipinski definition) is 2. The van der Waals surface area contributed by atoms with Crippen LogP contribution in [0.25, 0.3) is 31.6 Å². The van der Waals surface area contributed by atoms with E-state index in [0.29, 0.717) is 5.75 Å². The summed E-state index contributed by atoms with van der Waals surface area (Å²) < 4.78 is 3.37. The first kappa shape index (κ1) is 12.4. The van der Waals surface area contributed by atoms with E-state index in [0.717, 1.165) is 21.3 Å². The minimum atomic E-state index is 0.329. The monoisotopic (exact) mass is 292 g/mol. The number of nitrogens with zero attached hydrogens (tertiary/aromatic N) is 1. The molecule has 0 unspecified atom stereocenters. The molecule has 0 amide bonds. The fraction of sp³-hybridized carbons (Fsp3) is 0.0556. The highest BCUT2D eigenvalue weighted by Gasteiger charge is 2.21. The summed E-state index contributed by atoms with van der Waals surface area (Å²) in [5.74, 6) is 0.329. The lowest BCUT2D eigenvalue weighted by Crippen LogP contribution is -2.28. The van der Waals surface area contributed by atoms with Crippen molar-refractivity contribution in [3.8, 4) is 16.3 Å². The number of thiazole rings is 1. The Morgan fingerprint density at radius 2 is 1.57 bits per heavy atom. The molecule has 0 radical (unpaired) electrons. The molecule has 0 spiro atoms. The maximum atomic E-state index is 10.4. The van der Waals surface area contributed by atoms with Gasteiger partial charge in [0.15, 0.2) is 0 Å². The number of hydrogen-bond donors (Lipinski definition) is 1. The van der Waals surface area contributed by atoms with E-state index in [-0.39, 0.29) is 0 Å². The molecule has 0 bridgehead atoms. The zero-order chi connectivity index (χ0) is 14.4. The molecule has 21 heavy (non-hydrogen) atoms. The van der Waals surface area contributed by atoms with Crippen molar-refractivity contribution in [2.75, 3.05) is 0 Å². The molecule has 2 nitrogen and oxygen atoms in total. The number of phenols is 1. The van der Waals surface area contributed by atoms with E-state index in [1.54, 1.807) is 11.3 Å². The normalized spacial score (nSPS) is 11.3. The summed E-state index contributed by atoms with van der Waals surface area (Å²) in [5, 5.41) is 13.7. The van der Waals surface area contributed by atoms with Crippen molar-refractivity contribution in [2.45, 2.75) is 0 Å². The SMILES string of the molecule is C[n+]1c(-c2cc3ccccc3cc2O)sc2ccccc21. The molecule has 0 fully saturated rings. The van der Waals surface area contributed by atoms with Crippen molar-refractivity contribution in [3.05, 3.63) is 60.7 Å². The van der Waals surface area contributed by atoms with E-state index in [1.807, 2.05) is 43.4 Å². The van der Waals surface area contributed by atoms with Crippen LogP contribution in [0.2, 0.25) is 0 Å². The van der Waals surface area contributed by atoms with Crippen LogP contribution in [-0.2, 0) is 7.05 Å². The van der Waals surface area contributed by atoms with Crippen LogP contribution in [0.4, 0.5) is 0 Å². The second-order valence-electron chi connectivity index (χ2n) is 5.15. The molecule has 0 aliphatic carbocycles. The van der Waals surface area contributed by atoms with Crippen LogP contribution in [0.5, 0.6) is 5.75 Å². The van der Waals surface area contributed by atoms with E-state index in [2.05, 4.69) is 28.8 Å². The number of aromatic nitrogens is 1. The van der Waals surface area contributed by atoms with Gasteiger partial charge in [-0.05, 0) is 29.0 Å². The maximum Gasteiger partial charge on any atom is 0.273 e. The lowest BCUT2D eigenvalue weighted by atomic mass is 10.1. The summed E-state index contributed by atoms with van der Waals surface area (Å²) in [4.78, 5) is 0. The van der Waals surface area contributed by atoms with E-state index < -0.39 is 0 Å². The third kappa shape index (κ3) is 1.89. The Bertz CT molecular complexity index is 971. The van der Waals surface area contributed by atoms with Gasteiger partial charge in [-0.15, -0.1) is 0 Å². The summed E-state index contributed by atoms with van der Waals surface area (Å²) in [6.07, 6.45) is 0. The van der Waals surface area contributed by atoms with Gasteiger partial charge in [-0.3, -0.25) is 0 Å². The zero-order valence-corrected chi connectivity index (χ0v) is 12.4. The lowest BCUT2D eigenvalue weighted by Gasteiger charge is -2.03. The largest absolute Gasteiger partial charge is 0.507 e. The summed E-state index contributed by atoms with van der Waals surface area (Å²) in [5.41, 5.74) is 2.07. The first-order valence-electron chi connectivity index (χ1n) is 6.84. The number of aryl methyl sites for hydroxylation is 1. The van der Waals surface area contributed by atoms with Crippen LogP contribution in [0.3, 0.4) is 0 Å². The Hall–Kier alpha value is -2.39. The summed E-state index contributed by atoms with van der Waals surface area (Å²) >= 11 is 1.70. The Balaban J connectivity index is 2.03. The highest BCUT2D eigenvalue weighted by Crippen LogP contribution is 2.36. The average Bonchev–Trinajstić information content (AvgIpc) is 2.84. The number of phenolic OH excluding ortho intramolecular Hbond substituents is 1. The van der Waals surface area contributed by atoms with Gasteiger partial charge in [0.25, 0.3) is 5.01 Å². The van der Waals surface area contributed by atoms with Gasteiger partial charge in [0.1, 0.15) is 17.5 Å². The van der Waals surface area contributed by atoms with Gasteiger partial charge in [0.2, 0.25) is 5.52 Å². The van der Waals surface area contributed by atoms with Crippen LogP contribution >= 0.6 is 11.3 Å². The molecule has 0 atom stereocenters. The zero-order valence-electron chi connectivity index (χ0n) is 11.6. The van der Waals surface area contributed by atoms with E-state index >= 15 is 0 Å². The van der Waals surface area contributed by atoms with Crippen LogP contribution in [-0.4, -0.2) is 5.11 Å². The number of para-hydroxylation sites is 1. The van der Waals surface area contributed by atoms with E-state index in [9.17, 15) is 5.11 Å². The molecule has 4 rings (SSSR count). The number of fused-ring (bicyclic) bond motifs is 2. The summed E-state index contributed by atoms with van der Waals surface area (Å²) in [6, 6.07) is 20.3. The molecule has 3 heteroatoms. The third-order valence-corrected chi connectivity index (χ3v) is 5.08. The fourth-order valence-electron chi connectivity index (χ4n) is 2.74. The quantitative estimate of drug-likeness (QED) is 0.521. The van der Waals surface area contributed by atoms with Gasteiger partial charge >= 0.3 is 0 Å². The van der Waals surface area contributed by atoms with Crippen LogP contribution in [0.1, 0.15) is 0 Å². The van der Waals surface area contributed by atoms with Gasteiger partial charge in [0, 0.05) is 6.07 Å². The minimum absolute atomic E-state index is 0.329. The van der Waals surface area contributed by atoms with Crippen LogP contribution in [0.15, 0.2) is 60.7 Å².